The van der Waals surface area contributed by atoms with Gasteiger partial charge < -0.3 is 11.1 Å². The number of fused-ring (bicyclic) bond motifs is 1. The first-order chi connectivity index (χ1) is 9.08. The molecule has 1 heterocycles. The van der Waals surface area contributed by atoms with Crippen LogP contribution < -0.4 is 11.1 Å². The Labute approximate surface area is 113 Å². The molecule has 4 nitrogen and oxygen atoms in total. The largest absolute Gasteiger partial charge is 0.398 e. The highest BCUT2D eigenvalue weighted by Crippen LogP contribution is 2.36. The highest BCUT2D eigenvalue weighted by molar-refractivity contribution is 7.95. The molecule has 2 aliphatic rings. The lowest BCUT2D eigenvalue weighted by molar-refractivity contribution is 0.560. The van der Waals surface area contributed by atoms with Gasteiger partial charge in [-0.3, -0.25) is 0 Å². The maximum Gasteiger partial charge on any atom is 0.202 e. The predicted molar refractivity (Wildman–Crippen MR) is 76.3 cm³/mol. The average molecular weight is 278 g/mol. The molecule has 19 heavy (non-hydrogen) atoms. The fourth-order valence-corrected chi connectivity index (χ4v) is 4.56. The minimum absolute atomic E-state index is 0.276. The Morgan fingerprint density at radius 1 is 1.26 bits per heavy atom. The molecule has 0 radical (unpaired) electrons. The quantitative estimate of drug-likeness (QED) is 0.829. The molecular formula is C14H18N2O2S. The number of benzene rings is 1. The van der Waals surface area contributed by atoms with Crippen molar-refractivity contribution in [2.75, 3.05) is 12.3 Å². The third-order valence-electron chi connectivity index (χ3n) is 3.91. The summed E-state index contributed by atoms with van der Waals surface area (Å²) in [6, 6.07) is 5.79. The second kappa shape index (κ2) is 4.65. The van der Waals surface area contributed by atoms with Gasteiger partial charge in [-0.25, -0.2) is 8.42 Å². The lowest BCUT2D eigenvalue weighted by Crippen LogP contribution is -2.27. The number of nitrogens with two attached hydrogens (primary N) is 1. The van der Waals surface area contributed by atoms with E-state index >= 15 is 0 Å². The van der Waals surface area contributed by atoms with Crippen LogP contribution in [0.25, 0.3) is 5.57 Å². The number of hydrogen-bond donors (Lipinski definition) is 2. The molecular weight excluding hydrogens is 260 g/mol. The first-order valence-corrected chi connectivity index (χ1v) is 8.20. The van der Waals surface area contributed by atoms with Gasteiger partial charge in [-0.15, -0.1) is 0 Å². The highest BCUT2D eigenvalue weighted by atomic mass is 32.2. The second-order valence-electron chi connectivity index (χ2n) is 5.27. The van der Waals surface area contributed by atoms with Gasteiger partial charge in [0.25, 0.3) is 0 Å². The Morgan fingerprint density at radius 3 is 2.74 bits per heavy atom. The first-order valence-electron chi connectivity index (χ1n) is 6.66. The molecule has 0 atom stereocenters. The Hall–Kier alpha value is -1.33. The zero-order valence-electron chi connectivity index (χ0n) is 10.7. The summed E-state index contributed by atoms with van der Waals surface area (Å²) in [5.74, 6) is 0. The predicted octanol–water partition coefficient (Wildman–Crippen LogP) is 1.93. The van der Waals surface area contributed by atoms with Crippen molar-refractivity contribution in [3.05, 3.63) is 29.2 Å². The highest BCUT2D eigenvalue weighted by Gasteiger charge is 2.29. The molecule has 1 aliphatic carbocycles. The Bertz CT molecular complexity index is 629. The van der Waals surface area contributed by atoms with E-state index in [-0.39, 0.29) is 4.90 Å². The van der Waals surface area contributed by atoms with Crippen LogP contribution in [-0.2, 0) is 9.84 Å². The van der Waals surface area contributed by atoms with Crippen LogP contribution in [-0.4, -0.2) is 21.0 Å². The van der Waals surface area contributed by atoms with Crippen molar-refractivity contribution >= 4 is 21.1 Å². The second-order valence-corrected chi connectivity index (χ2v) is 7.01. The van der Waals surface area contributed by atoms with Gasteiger partial charge in [-0.05, 0) is 24.5 Å². The van der Waals surface area contributed by atoms with Crippen LogP contribution in [0, 0.1) is 0 Å². The van der Waals surface area contributed by atoms with Crippen molar-refractivity contribution in [3.63, 3.8) is 0 Å². The maximum absolute atomic E-state index is 12.1. The van der Waals surface area contributed by atoms with Crippen LogP contribution in [0.2, 0.25) is 0 Å². The van der Waals surface area contributed by atoms with Crippen LogP contribution in [0.4, 0.5) is 5.69 Å². The monoisotopic (exact) mass is 278 g/mol. The molecule has 5 heteroatoms. The molecule has 0 unspecified atom stereocenters. The van der Waals surface area contributed by atoms with Crippen LogP contribution in [0.1, 0.15) is 31.2 Å². The molecule has 1 saturated carbocycles. The van der Waals surface area contributed by atoms with Crippen molar-refractivity contribution in [3.8, 4) is 0 Å². The van der Waals surface area contributed by atoms with Crippen molar-refractivity contribution in [2.45, 2.75) is 36.6 Å². The Morgan fingerprint density at radius 2 is 2.00 bits per heavy atom. The van der Waals surface area contributed by atoms with Gasteiger partial charge in [0, 0.05) is 23.6 Å². The smallest absolute Gasteiger partial charge is 0.202 e. The number of nitrogen functional groups attached to an aromatic ring is 1. The Balaban J connectivity index is 1.86. The van der Waals surface area contributed by atoms with E-state index in [1.54, 1.807) is 12.1 Å². The minimum atomic E-state index is -3.36. The Kier molecular flexibility index (Phi) is 3.11. The lowest BCUT2D eigenvalue weighted by atomic mass is 10.1. The van der Waals surface area contributed by atoms with Crippen LogP contribution in [0.5, 0.6) is 0 Å². The zero-order valence-corrected chi connectivity index (χ0v) is 11.5. The molecule has 0 aromatic heterocycles. The standard InChI is InChI=1S/C14H18N2O2S/c15-13-7-3-6-12-10(9-19(17,18)14(12)13)8-16-11-4-1-2-5-11/h3,6-7,9,11,16H,1-2,4-5,8,15H2. The summed E-state index contributed by atoms with van der Waals surface area (Å²) in [6.45, 7) is 0.598. The number of rotatable bonds is 3. The van der Waals surface area contributed by atoms with E-state index in [1.807, 2.05) is 6.07 Å². The van der Waals surface area contributed by atoms with Crippen molar-refractivity contribution in [1.29, 1.82) is 0 Å². The van der Waals surface area contributed by atoms with Crippen molar-refractivity contribution < 1.29 is 8.42 Å². The van der Waals surface area contributed by atoms with Gasteiger partial charge >= 0.3 is 0 Å². The SMILES string of the molecule is Nc1cccc2c1S(=O)(=O)C=C2CNC1CCCC1. The molecule has 3 N–H and O–H groups in total. The molecule has 3 rings (SSSR count). The fraction of sp³-hybridized carbons (Fsp3) is 0.429. The van der Waals surface area contributed by atoms with E-state index < -0.39 is 9.84 Å². The number of anilines is 1. The van der Waals surface area contributed by atoms with Gasteiger partial charge in [0.1, 0.15) is 4.90 Å². The molecule has 0 bridgehead atoms. The summed E-state index contributed by atoms with van der Waals surface area (Å²) in [5.41, 5.74) is 7.72. The van der Waals surface area contributed by atoms with Gasteiger partial charge in [0.05, 0.1) is 5.69 Å². The molecule has 1 aliphatic heterocycles. The summed E-state index contributed by atoms with van der Waals surface area (Å²) in [7, 11) is -3.36. The zero-order chi connectivity index (χ0) is 13.5. The van der Waals surface area contributed by atoms with Gasteiger partial charge in [0.15, 0.2) is 0 Å². The fourth-order valence-electron chi connectivity index (χ4n) is 2.96. The molecule has 0 spiro atoms. The van der Waals surface area contributed by atoms with Crippen LogP contribution in [0.3, 0.4) is 0 Å². The summed E-state index contributed by atoms with van der Waals surface area (Å²) in [5, 5.41) is 4.81. The molecule has 1 fully saturated rings. The van der Waals surface area contributed by atoms with E-state index in [0.29, 0.717) is 18.3 Å². The summed E-state index contributed by atoms with van der Waals surface area (Å²) >= 11 is 0. The number of hydrogen-bond acceptors (Lipinski definition) is 4. The van der Waals surface area contributed by atoms with E-state index in [1.165, 1.54) is 31.1 Å². The average Bonchev–Trinajstić information content (AvgIpc) is 2.94. The third kappa shape index (κ3) is 2.28. The first kappa shape index (κ1) is 12.7. The van der Waals surface area contributed by atoms with Crippen molar-refractivity contribution in [2.24, 2.45) is 0 Å². The normalized spacial score (nSPS) is 21.4. The topological polar surface area (TPSA) is 72.2 Å². The third-order valence-corrected chi connectivity index (χ3v) is 5.53. The van der Waals surface area contributed by atoms with E-state index in [9.17, 15) is 8.42 Å². The molecule has 0 saturated heterocycles. The molecule has 102 valence electrons. The van der Waals surface area contributed by atoms with E-state index in [4.69, 9.17) is 5.73 Å². The van der Waals surface area contributed by atoms with Gasteiger partial charge in [-0.1, -0.05) is 25.0 Å². The van der Waals surface area contributed by atoms with Gasteiger partial charge in [0.2, 0.25) is 9.84 Å². The van der Waals surface area contributed by atoms with Crippen LogP contribution >= 0.6 is 0 Å². The summed E-state index contributed by atoms with van der Waals surface area (Å²) in [6.07, 6.45) is 4.89. The number of nitrogens with one attached hydrogen (secondary N) is 1. The van der Waals surface area contributed by atoms with Crippen molar-refractivity contribution in [1.82, 2.24) is 5.32 Å². The van der Waals surface area contributed by atoms with E-state index in [0.717, 1.165) is 11.1 Å². The maximum atomic E-state index is 12.1. The van der Waals surface area contributed by atoms with Gasteiger partial charge in [-0.2, -0.15) is 0 Å². The van der Waals surface area contributed by atoms with Crippen LogP contribution in [0.15, 0.2) is 28.5 Å². The number of sulfone groups is 1. The van der Waals surface area contributed by atoms with E-state index in [2.05, 4.69) is 5.32 Å². The molecule has 1 aromatic carbocycles. The molecule has 0 amide bonds. The summed E-state index contributed by atoms with van der Waals surface area (Å²) < 4.78 is 24.2. The lowest BCUT2D eigenvalue weighted by Gasteiger charge is -2.12. The molecule has 1 aromatic rings. The summed E-state index contributed by atoms with van der Waals surface area (Å²) in [4.78, 5) is 0.276. The minimum Gasteiger partial charge on any atom is -0.398 e.